The van der Waals surface area contributed by atoms with E-state index in [2.05, 4.69) is 11.1 Å². The standard InChI is InChI=1S/C19H19N3O2/c20-9-5-11-22(13-17-7-3-4-10-21-17)19(23)16-12-15-6-1-2-8-18(15)24-14-16/h1-4,6-8,10,16H,5,11-14H2. The lowest BCUT2D eigenvalue weighted by Gasteiger charge is -2.30. The molecule has 1 unspecified atom stereocenters. The third-order valence-electron chi connectivity index (χ3n) is 4.11. The van der Waals surface area contributed by atoms with Crippen LogP contribution in [0, 0.1) is 17.2 Å². The molecular formula is C19H19N3O2. The number of para-hydroxylation sites is 1. The zero-order valence-corrected chi connectivity index (χ0v) is 13.4. The highest BCUT2D eigenvalue weighted by atomic mass is 16.5. The summed E-state index contributed by atoms with van der Waals surface area (Å²) in [5.74, 6) is 0.655. The van der Waals surface area contributed by atoms with Gasteiger partial charge in [-0.2, -0.15) is 5.26 Å². The van der Waals surface area contributed by atoms with Gasteiger partial charge in [-0.25, -0.2) is 0 Å². The van der Waals surface area contributed by atoms with Crippen LogP contribution in [0.3, 0.4) is 0 Å². The molecule has 0 saturated heterocycles. The molecule has 1 aliphatic rings. The summed E-state index contributed by atoms with van der Waals surface area (Å²) >= 11 is 0. The Morgan fingerprint density at radius 2 is 2.12 bits per heavy atom. The van der Waals surface area contributed by atoms with E-state index in [-0.39, 0.29) is 11.8 Å². The SMILES string of the molecule is N#CCCN(Cc1ccccn1)C(=O)C1COc2ccccc2C1. The van der Waals surface area contributed by atoms with Crippen molar-refractivity contribution in [2.45, 2.75) is 19.4 Å². The monoisotopic (exact) mass is 321 g/mol. The minimum atomic E-state index is -0.220. The van der Waals surface area contributed by atoms with E-state index in [1.165, 1.54) is 0 Å². The Labute approximate surface area is 141 Å². The van der Waals surface area contributed by atoms with Gasteiger partial charge in [0.05, 0.1) is 30.6 Å². The highest BCUT2D eigenvalue weighted by Crippen LogP contribution is 2.28. The predicted octanol–water partition coefficient (Wildman–Crippen LogP) is 2.58. The molecule has 0 radical (unpaired) electrons. The number of pyridine rings is 1. The van der Waals surface area contributed by atoms with Crippen LogP contribution >= 0.6 is 0 Å². The van der Waals surface area contributed by atoms with Crippen LogP contribution in [0.15, 0.2) is 48.7 Å². The summed E-state index contributed by atoms with van der Waals surface area (Å²) in [6.07, 6.45) is 2.69. The molecule has 2 heterocycles. The topological polar surface area (TPSA) is 66.2 Å². The molecule has 24 heavy (non-hydrogen) atoms. The fourth-order valence-corrected chi connectivity index (χ4v) is 2.88. The number of ether oxygens (including phenoxy) is 1. The minimum absolute atomic E-state index is 0.0189. The van der Waals surface area contributed by atoms with E-state index in [0.29, 0.717) is 32.5 Å². The van der Waals surface area contributed by atoms with E-state index < -0.39 is 0 Å². The largest absolute Gasteiger partial charge is 0.492 e. The maximum atomic E-state index is 12.9. The maximum Gasteiger partial charge on any atom is 0.229 e. The van der Waals surface area contributed by atoms with Gasteiger partial charge in [0.1, 0.15) is 12.4 Å². The third kappa shape index (κ3) is 3.72. The van der Waals surface area contributed by atoms with Gasteiger partial charge in [0.2, 0.25) is 5.91 Å². The molecule has 1 aliphatic heterocycles. The number of hydrogen-bond acceptors (Lipinski definition) is 4. The molecule has 1 amide bonds. The van der Waals surface area contributed by atoms with Crippen molar-refractivity contribution in [2.75, 3.05) is 13.2 Å². The molecule has 5 nitrogen and oxygen atoms in total. The van der Waals surface area contributed by atoms with Gasteiger partial charge in [-0.15, -0.1) is 0 Å². The predicted molar refractivity (Wildman–Crippen MR) is 89.0 cm³/mol. The van der Waals surface area contributed by atoms with Crippen LogP contribution in [-0.2, 0) is 17.8 Å². The number of hydrogen-bond donors (Lipinski definition) is 0. The summed E-state index contributed by atoms with van der Waals surface area (Å²) in [6, 6.07) is 15.5. The molecule has 0 spiro atoms. The molecule has 1 atom stereocenters. The van der Waals surface area contributed by atoms with Crippen molar-refractivity contribution in [3.63, 3.8) is 0 Å². The number of carbonyl (C=O) groups excluding carboxylic acids is 1. The van der Waals surface area contributed by atoms with E-state index >= 15 is 0 Å². The molecule has 0 aliphatic carbocycles. The summed E-state index contributed by atoms with van der Waals surface area (Å²) in [5, 5.41) is 8.88. The van der Waals surface area contributed by atoms with E-state index in [1.807, 2.05) is 42.5 Å². The second-order valence-corrected chi connectivity index (χ2v) is 5.81. The second-order valence-electron chi connectivity index (χ2n) is 5.81. The number of nitrogens with zero attached hydrogens (tertiary/aromatic N) is 3. The van der Waals surface area contributed by atoms with Crippen molar-refractivity contribution in [1.82, 2.24) is 9.88 Å². The van der Waals surface area contributed by atoms with Crippen LogP contribution < -0.4 is 4.74 Å². The number of fused-ring (bicyclic) bond motifs is 1. The van der Waals surface area contributed by atoms with E-state index in [0.717, 1.165) is 17.0 Å². The summed E-state index contributed by atoms with van der Waals surface area (Å²) < 4.78 is 5.73. The van der Waals surface area contributed by atoms with Gasteiger partial charge in [-0.1, -0.05) is 24.3 Å². The zero-order valence-electron chi connectivity index (χ0n) is 13.4. The van der Waals surface area contributed by atoms with Crippen LogP contribution in [0.5, 0.6) is 5.75 Å². The quantitative estimate of drug-likeness (QED) is 0.849. The lowest BCUT2D eigenvalue weighted by molar-refractivity contribution is -0.137. The first kappa shape index (κ1) is 16.0. The molecule has 1 aromatic carbocycles. The van der Waals surface area contributed by atoms with Gasteiger partial charge in [-0.3, -0.25) is 9.78 Å². The smallest absolute Gasteiger partial charge is 0.229 e. The van der Waals surface area contributed by atoms with Gasteiger partial charge in [0, 0.05) is 12.7 Å². The Balaban J connectivity index is 1.73. The number of amides is 1. The molecular weight excluding hydrogens is 302 g/mol. The summed E-state index contributed by atoms with van der Waals surface area (Å²) in [7, 11) is 0. The van der Waals surface area contributed by atoms with Gasteiger partial charge in [-0.05, 0) is 30.2 Å². The van der Waals surface area contributed by atoms with Crippen LogP contribution in [0.25, 0.3) is 0 Å². The third-order valence-corrected chi connectivity index (χ3v) is 4.11. The van der Waals surface area contributed by atoms with Crippen molar-refractivity contribution in [2.24, 2.45) is 5.92 Å². The van der Waals surface area contributed by atoms with Crippen molar-refractivity contribution in [1.29, 1.82) is 5.26 Å². The number of rotatable bonds is 5. The van der Waals surface area contributed by atoms with Crippen LogP contribution in [0.4, 0.5) is 0 Å². The maximum absolute atomic E-state index is 12.9. The fourth-order valence-electron chi connectivity index (χ4n) is 2.88. The highest BCUT2D eigenvalue weighted by Gasteiger charge is 2.29. The van der Waals surface area contributed by atoms with Gasteiger partial charge in [0.15, 0.2) is 0 Å². The molecule has 2 aromatic rings. The Hall–Kier alpha value is -2.87. The van der Waals surface area contributed by atoms with Crippen LogP contribution in [-0.4, -0.2) is 28.9 Å². The lowest BCUT2D eigenvalue weighted by atomic mass is 9.95. The van der Waals surface area contributed by atoms with Crippen molar-refractivity contribution < 1.29 is 9.53 Å². The molecule has 122 valence electrons. The zero-order chi connectivity index (χ0) is 16.8. The summed E-state index contributed by atoms with van der Waals surface area (Å²) in [4.78, 5) is 18.9. The van der Waals surface area contributed by atoms with E-state index in [9.17, 15) is 4.79 Å². The van der Waals surface area contributed by atoms with Gasteiger partial charge >= 0.3 is 0 Å². The highest BCUT2D eigenvalue weighted by molar-refractivity contribution is 5.79. The van der Waals surface area contributed by atoms with E-state index in [1.54, 1.807) is 11.1 Å². The Morgan fingerprint density at radius 3 is 2.92 bits per heavy atom. The van der Waals surface area contributed by atoms with Gasteiger partial charge < -0.3 is 9.64 Å². The average molecular weight is 321 g/mol. The molecule has 0 saturated carbocycles. The molecule has 3 rings (SSSR count). The van der Waals surface area contributed by atoms with Crippen LogP contribution in [0.1, 0.15) is 17.7 Å². The average Bonchev–Trinajstić information content (AvgIpc) is 2.65. The number of aromatic nitrogens is 1. The van der Waals surface area contributed by atoms with Gasteiger partial charge in [0.25, 0.3) is 0 Å². The Morgan fingerprint density at radius 1 is 1.29 bits per heavy atom. The second kappa shape index (κ2) is 7.60. The first-order valence-corrected chi connectivity index (χ1v) is 8.04. The molecule has 1 aromatic heterocycles. The minimum Gasteiger partial charge on any atom is -0.492 e. The molecule has 0 fully saturated rings. The molecule has 0 bridgehead atoms. The van der Waals surface area contributed by atoms with Crippen molar-refractivity contribution in [3.05, 3.63) is 59.9 Å². The number of carbonyl (C=O) groups is 1. The Bertz CT molecular complexity index is 740. The number of benzene rings is 1. The van der Waals surface area contributed by atoms with Crippen LogP contribution in [0.2, 0.25) is 0 Å². The summed E-state index contributed by atoms with van der Waals surface area (Å²) in [6.45, 7) is 1.20. The molecule has 5 heteroatoms. The molecule has 0 N–H and O–H groups in total. The summed E-state index contributed by atoms with van der Waals surface area (Å²) in [5.41, 5.74) is 1.88. The van der Waals surface area contributed by atoms with E-state index in [4.69, 9.17) is 10.00 Å². The fraction of sp³-hybridized carbons (Fsp3) is 0.316. The lowest BCUT2D eigenvalue weighted by Crippen LogP contribution is -2.41. The Kier molecular flexibility index (Phi) is 5.07. The first-order valence-electron chi connectivity index (χ1n) is 8.04. The number of nitriles is 1. The van der Waals surface area contributed by atoms with Crippen molar-refractivity contribution >= 4 is 5.91 Å². The van der Waals surface area contributed by atoms with Crippen molar-refractivity contribution in [3.8, 4) is 11.8 Å². The first-order chi connectivity index (χ1) is 11.8. The normalized spacial score (nSPS) is 15.7.